The van der Waals surface area contributed by atoms with E-state index >= 15 is 0 Å². The predicted molar refractivity (Wildman–Crippen MR) is 89.1 cm³/mol. The fourth-order valence-electron chi connectivity index (χ4n) is 2.48. The second kappa shape index (κ2) is 5.22. The topological polar surface area (TPSA) is 18.5 Å². The van der Waals surface area contributed by atoms with Crippen LogP contribution in [0.4, 0.5) is 4.39 Å². The molecule has 0 amide bonds. The highest BCUT2D eigenvalue weighted by atomic mass is 19.1. The van der Waals surface area contributed by atoms with E-state index in [0.29, 0.717) is 0 Å². The fraction of sp³-hybridized carbons (Fsp3) is 0.333. The van der Waals surface area contributed by atoms with E-state index in [2.05, 4.69) is 0 Å². The SMILES string of the molecule is CC1(C)OB(C(F)=Cc2ccc3ccccc3c2)OC1(C)C. The smallest absolute Gasteiger partial charge is 0.398 e. The summed E-state index contributed by atoms with van der Waals surface area (Å²) in [6.45, 7) is 7.65. The molecule has 1 saturated heterocycles. The van der Waals surface area contributed by atoms with Gasteiger partial charge in [-0.05, 0) is 56.2 Å². The van der Waals surface area contributed by atoms with Crippen molar-refractivity contribution in [1.82, 2.24) is 0 Å². The Bertz CT molecular complexity index is 721. The number of rotatable bonds is 2. The van der Waals surface area contributed by atoms with Crippen LogP contribution in [0.15, 0.2) is 48.2 Å². The number of fused-ring (bicyclic) bond motifs is 1. The standard InChI is InChI=1S/C18H20BFO2/c1-17(2)18(3,4)22-19(21-17)16(20)12-13-9-10-14-7-5-6-8-15(14)11-13/h5-12H,1-4H3. The molecule has 0 atom stereocenters. The molecule has 2 nitrogen and oxygen atoms in total. The maximum Gasteiger partial charge on any atom is 0.525 e. The van der Waals surface area contributed by atoms with Crippen molar-refractivity contribution in [2.24, 2.45) is 0 Å². The highest BCUT2D eigenvalue weighted by Crippen LogP contribution is 2.39. The first kappa shape index (κ1) is 15.3. The van der Waals surface area contributed by atoms with Crippen molar-refractivity contribution in [3.05, 3.63) is 53.8 Å². The van der Waals surface area contributed by atoms with E-state index < -0.39 is 24.0 Å². The Morgan fingerprint density at radius 2 is 1.55 bits per heavy atom. The second-order valence-electron chi connectivity index (χ2n) is 6.72. The molecule has 1 fully saturated rings. The van der Waals surface area contributed by atoms with Crippen LogP contribution in [-0.4, -0.2) is 18.3 Å². The van der Waals surface area contributed by atoms with Crippen LogP contribution in [0.25, 0.3) is 16.8 Å². The van der Waals surface area contributed by atoms with E-state index in [9.17, 15) is 4.39 Å². The van der Waals surface area contributed by atoms with E-state index in [4.69, 9.17) is 9.31 Å². The van der Waals surface area contributed by atoms with Gasteiger partial charge in [0.25, 0.3) is 0 Å². The van der Waals surface area contributed by atoms with Gasteiger partial charge in [0.15, 0.2) is 0 Å². The average Bonchev–Trinajstić information content (AvgIpc) is 2.67. The zero-order chi connectivity index (χ0) is 16.0. The van der Waals surface area contributed by atoms with Crippen LogP contribution < -0.4 is 0 Å². The van der Waals surface area contributed by atoms with Gasteiger partial charge in [-0.3, -0.25) is 0 Å². The molecular weight excluding hydrogens is 278 g/mol. The van der Waals surface area contributed by atoms with Crippen molar-refractivity contribution in [1.29, 1.82) is 0 Å². The monoisotopic (exact) mass is 298 g/mol. The van der Waals surface area contributed by atoms with Crippen LogP contribution in [0.2, 0.25) is 0 Å². The Morgan fingerprint density at radius 3 is 2.18 bits per heavy atom. The molecule has 1 heterocycles. The van der Waals surface area contributed by atoms with Crippen molar-refractivity contribution in [2.75, 3.05) is 0 Å². The van der Waals surface area contributed by atoms with Crippen molar-refractivity contribution < 1.29 is 13.7 Å². The summed E-state index contributed by atoms with van der Waals surface area (Å²) in [6.07, 6.45) is 1.48. The first-order valence-corrected chi connectivity index (χ1v) is 7.50. The van der Waals surface area contributed by atoms with Crippen LogP contribution in [0.5, 0.6) is 0 Å². The second-order valence-corrected chi connectivity index (χ2v) is 6.72. The molecule has 0 unspecified atom stereocenters. The molecule has 0 aromatic heterocycles. The fourth-order valence-corrected chi connectivity index (χ4v) is 2.48. The van der Waals surface area contributed by atoms with Crippen LogP contribution in [-0.2, 0) is 9.31 Å². The summed E-state index contributed by atoms with van der Waals surface area (Å²) in [6, 6.07) is 13.8. The van der Waals surface area contributed by atoms with E-state index in [1.807, 2.05) is 70.2 Å². The Balaban J connectivity index is 1.88. The highest BCUT2D eigenvalue weighted by molar-refractivity contribution is 6.54. The first-order valence-electron chi connectivity index (χ1n) is 7.50. The normalized spacial score (nSPS) is 20.6. The van der Waals surface area contributed by atoms with Gasteiger partial charge in [-0.15, -0.1) is 0 Å². The molecule has 0 N–H and O–H groups in total. The molecule has 2 aromatic rings. The van der Waals surface area contributed by atoms with E-state index in [1.54, 1.807) is 0 Å². The summed E-state index contributed by atoms with van der Waals surface area (Å²) in [7, 11) is -0.948. The third-order valence-electron chi connectivity index (χ3n) is 4.56. The van der Waals surface area contributed by atoms with Gasteiger partial charge in [-0.2, -0.15) is 0 Å². The van der Waals surface area contributed by atoms with Gasteiger partial charge in [-0.1, -0.05) is 36.4 Å². The molecular formula is C18H20BFO2. The van der Waals surface area contributed by atoms with Gasteiger partial charge in [-0.25, -0.2) is 4.39 Å². The maximum atomic E-state index is 14.5. The van der Waals surface area contributed by atoms with Crippen LogP contribution in [0, 0.1) is 0 Å². The molecule has 1 aliphatic rings. The summed E-state index contributed by atoms with van der Waals surface area (Å²) >= 11 is 0. The van der Waals surface area contributed by atoms with E-state index in [0.717, 1.165) is 16.3 Å². The molecule has 0 bridgehead atoms. The molecule has 0 saturated carbocycles. The van der Waals surface area contributed by atoms with E-state index in [-0.39, 0.29) is 0 Å². The summed E-state index contributed by atoms with van der Waals surface area (Å²) in [5.41, 5.74) is -0.682. The van der Waals surface area contributed by atoms with Gasteiger partial charge in [0.1, 0.15) is 5.73 Å². The Kier molecular flexibility index (Phi) is 3.62. The lowest BCUT2D eigenvalue weighted by molar-refractivity contribution is 0.00578. The van der Waals surface area contributed by atoms with Gasteiger partial charge in [0, 0.05) is 0 Å². The number of halogens is 1. The largest absolute Gasteiger partial charge is 0.525 e. The first-order chi connectivity index (χ1) is 10.3. The lowest BCUT2D eigenvalue weighted by Gasteiger charge is -2.32. The lowest BCUT2D eigenvalue weighted by atomic mass is 9.86. The molecule has 1 aliphatic heterocycles. The van der Waals surface area contributed by atoms with Crippen molar-refractivity contribution >= 4 is 24.0 Å². The molecule has 114 valence electrons. The summed E-state index contributed by atoms with van der Waals surface area (Å²) in [4.78, 5) is 0. The Hall–Kier alpha value is -1.65. The van der Waals surface area contributed by atoms with Crippen molar-refractivity contribution in [3.8, 4) is 0 Å². The molecule has 2 aromatic carbocycles. The third kappa shape index (κ3) is 2.69. The minimum atomic E-state index is -0.948. The van der Waals surface area contributed by atoms with Gasteiger partial charge < -0.3 is 9.31 Å². The quantitative estimate of drug-likeness (QED) is 0.743. The van der Waals surface area contributed by atoms with Crippen LogP contribution >= 0.6 is 0 Å². The minimum absolute atomic E-state index is 0.408. The summed E-state index contributed by atoms with van der Waals surface area (Å²) < 4.78 is 25.9. The molecule has 22 heavy (non-hydrogen) atoms. The summed E-state index contributed by atoms with van der Waals surface area (Å²) in [5, 5.41) is 2.22. The molecule has 4 heteroatoms. The van der Waals surface area contributed by atoms with Gasteiger partial charge >= 0.3 is 7.12 Å². The highest BCUT2D eigenvalue weighted by Gasteiger charge is 2.53. The average molecular weight is 298 g/mol. The Morgan fingerprint density at radius 1 is 0.955 bits per heavy atom. The zero-order valence-corrected chi connectivity index (χ0v) is 13.4. The summed E-state index contributed by atoms with van der Waals surface area (Å²) in [5.74, 6) is 0. The predicted octanol–water partition coefficient (Wildman–Crippen LogP) is 4.78. The molecule has 0 radical (unpaired) electrons. The van der Waals surface area contributed by atoms with Crippen molar-refractivity contribution in [2.45, 2.75) is 38.9 Å². The van der Waals surface area contributed by atoms with Gasteiger partial charge in [0.2, 0.25) is 0 Å². The zero-order valence-electron chi connectivity index (χ0n) is 13.4. The number of hydrogen-bond donors (Lipinski definition) is 0. The Labute approximate surface area is 131 Å². The number of benzene rings is 2. The molecule has 0 aliphatic carbocycles. The molecule has 3 rings (SSSR count). The maximum absolute atomic E-state index is 14.5. The third-order valence-corrected chi connectivity index (χ3v) is 4.56. The lowest BCUT2D eigenvalue weighted by Crippen LogP contribution is -2.41. The van der Waals surface area contributed by atoms with Crippen molar-refractivity contribution in [3.63, 3.8) is 0 Å². The van der Waals surface area contributed by atoms with E-state index in [1.165, 1.54) is 6.08 Å². The van der Waals surface area contributed by atoms with Gasteiger partial charge in [0.05, 0.1) is 11.2 Å². The van der Waals surface area contributed by atoms with Crippen LogP contribution in [0.3, 0.4) is 0 Å². The number of hydrogen-bond acceptors (Lipinski definition) is 2. The van der Waals surface area contributed by atoms with Crippen LogP contribution in [0.1, 0.15) is 33.3 Å². The molecule has 0 spiro atoms. The minimum Gasteiger partial charge on any atom is -0.398 e.